The molecule has 2 amide bonds. The Morgan fingerprint density at radius 3 is 2.35 bits per heavy atom. The van der Waals surface area contributed by atoms with Crippen LogP contribution in [0.5, 0.6) is 0 Å². The van der Waals surface area contributed by atoms with E-state index >= 15 is 0 Å². The summed E-state index contributed by atoms with van der Waals surface area (Å²) in [5, 5.41) is 0. The second kappa shape index (κ2) is 9.63. The van der Waals surface area contributed by atoms with Crippen LogP contribution in [0.25, 0.3) is 5.70 Å². The van der Waals surface area contributed by atoms with Crippen molar-refractivity contribution in [1.29, 1.82) is 0 Å². The zero-order valence-corrected chi connectivity index (χ0v) is 19.8. The molecule has 0 spiro atoms. The highest BCUT2D eigenvalue weighted by Crippen LogP contribution is 2.31. The molecule has 3 aliphatic heterocycles. The number of nitrogens with one attached hydrogen (secondary N) is 1. The van der Waals surface area contributed by atoms with Crippen LogP contribution in [0.1, 0.15) is 54.1 Å². The molecule has 0 radical (unpaired) electrons. The van der Waals surface area contributed by atoms with Gasteiger partial charge in [0.25, 0.3) is 11.8 Å². The fraction of sp³-hybridized carbons (Fsp3) is 0.429. The number of hydrogen-bond acceptors (Lipinski definition) is 4. The van der Waals surface area contributed by atoms with Crippen LogP contribution in [0.3, 0.4) is 0 Å². The summed E-state index contributed by atoms with van der Waals surface area (Å²) in [4.78, 5) is 36.1. The molecule has 1 N–H and O–H groups in total. The molecule has 2 saturated heterocycles. The minimum absolute atomic E-state index is 0.0307. The van der Waals surface area contributed by atoms with Crippen molar-refractivity contribution in [2.45, 2.75) is 44.6 Å². The first kappa shape index (κ1) is 22.7. The highest BCUT2D eigenvalue weighted by Gasteiger charge is 2.42. The second-order valence-corrected chi connectivity index (χ2v) is 9.84. The number of rotatable bonds is 5. The molecule has 6 nitrogen and oxygen atoms in total. The van der Waals surface area contributed by atoms with E-state index in [0.29, 0.717) is 17.2 Å². The average Bonchev–Trinajstić information content (AvgIpc) is 3.55. The van der Waals surface area contributed by atoms with E-state index in [1.165, 1.54) is 5.56 Å². The van der Waals surface area contributed by atoms with E-state index in [1.807, 2.05) is 46.2 Å². The van der Waals surface area contributed by atoms with Crippen LogP contribution in [0.2, 0.25) is 0 Å². The summed E-state index contributed by atoms with van der Waals surface area (Å²) >= 11 is 0. The van der Waals surface area contributed by atoms with Gasteiger partial charge in [-0.15, -0.1) is 0 Å². The minimum atomic E-state index is -1.06. The number of carbonyl (C=O) groups is 2. The van der Waals surface area contributed by atoms with Crippen LogP contribution < -0.4 is 5.48 Å². The molecule has 2 aromatic carbocycles. The third-order valence-electron chi connectivity index (χ3n) is 7.33. The Hall–Kier alpha value is -3.12. The number of nitrogens with zero attached hydrogens (tertiary/aromatic N) is 2. The predicted octanol–water partition coefficient (Wildman–Crippen LogP) is 4.04. The van der Waals surface area contributed by atoms with Gasteiger partial charge >= 0.3 is 0 Å². The maximum Gasteiger partial charge on any atom is 0.261 e. The van der Waals surface area contributed by atoms with Crippen LogP contribution in [-0.4, -0.2) is 53.4 Å². The lowest BCUT2D eigenvalue weighted by Crippen LogP contribution is -2.46. The molecule has 6 heteroatoms. The van der Waals surface area contributed by atoms with E-state index in [0.717, 1.165) is 63.8 Å². The topological polar surface area (TPSA) is 61.9 Å². The van der Waals surface area contributed by atoms with Gasteiger partial charge in [0, 0.05) is 37.3 Å². The summed E-state index contributed by atoms with van der Waals surface area (Å²) in [5.74, 6) is 0.610. The van der Waals surface area contributed by atoms with Crippen LogP contribution in [0.4, 0.5) is 0 Å². The number of hydroxylamine groups is 1. The molecule has 0 bridgehead atoms. The summed E-state index contributed by atoms with van der Waals surface area (Å²) in [6.45, 7) is 4.86. The first-order chi connectivity index (χ1) is 16.5. The Bertz CT molecular complexity index is 1070. The normalized spacial score (nSPS) is 23.0. The molecular formula is C28H33N3O3. The molecule has 5 rings (SSSR count). The molecule has 1 unspecified atom stereocenters. The molecule has 2 aromatic rings. The predicted molar refractivity (Wildman–Crippen MR) is 132 cm³/mol. The van der Waals surface area contributed by atoms with Gasteiger partial charge in [0.15, 0.2) is 5.60 Å². The lowest BCUT2D eigenvalue weighted by molar-refractivity contribution is -0.151. The summed E-state index contributed by atoms with van der Waals surface area (Å²) in [6, 6.07) is 18.2. The number of piperidine rings is 1. The Balaban J connectivity index is 1.28. The molecule has 0 aliphatic carbocycles. The van der Waals surface area contributed by atoms with Crippen LogP contribution in [0.15, 0.2) is 60.7 Å². The van der Waals surface area contributed by atoms with E-state index in [1.54, 1.807) is 6.92 Å². The van der Waals surface area contributed by atoms with Gasteiger partial charge in [-0.2, -0.15) is 0 Å². The van der Waals surface area contributed by atoms with E-state index in [2.05, 4.69) is 29.7 Å². The smallest absolute Gasteiger partial charge is 0.261 e. The summed E-state index contributed by atoms with van der Waals surface area (Å²) in [7, 11) is 0. The number of benzene rings is 2. The maximum absolute atomic E-state index is 13.5. The Morgan fingerprint density at radius 2 is 1.62 bits per heavy atom. The van der Waals surface area contributed by atoms with Gasteiger partial charge in [-0.1, -0.05) is 48.5 Å². The molecule has 178 valence electrons. The van der Waals surface area contributed by atoms with Crippen molar-refractivity contribution in [2.75, 3.05) is 26.2 Å². The quantitative estimate of drug-likeness (QED) is 0.733. The van der Waals surface area contributed by atoms with E-state index < -0.39 is 5.60 Å². The third-order valence-corrected chi connectivity index (χ3v) is 7.33. The van der Waals surface area contributed by atoms with Crippen molar-refractivity contribution in [2.24, 2.45) is 5.92 Å². The van der Waals surface area contributed by atoms with Gasteiger partial charge in [-0.25, -0.2) is 0 Å². The van der Waals surface area contributed by atoms with Crippen molar-refractivity contribution in [1.82, 2.24) is 15.3 Å². The monoisotopic (exact) mass is 459 g/mol. The Kier molecular flexibility index (Phi) is 6.42. The zero-order chi connectivity index (χ0) is 23.5. The number of hydrogen-bond donors (Lipinski definition) is 1. The van der Waals surface area contributed by atoms with Gasteiger partial charge in [0.05, 0.1) is 5.70 Å². The van der Waals surface area contributed by atoms with Gasteiger partial charge in [-0.05, 0) is 62.7 Å². The largest absolute Gasteiger partial charge is 0.340 e. The van der Waals surface area contributed by atoms with Gasteiger partial charge in [0.2, 0.25) is 0 Å². The highest BCUT2D eigenvalue weighted by atomic mass is 16.7. The summed E-state index contributed by atoms with van der Waals surface area (Å²) in [5.41, 5.74) is 5.34. The maximum atomic E-state index is 13.5. The van der Waals surface area contributed by atoms with E-state index in [-0.39, 0.29) is 11.8 Å². The Labute approximate surface area is 201 Å². The number of carbonyl (C=O) groups excluding carboxylic acids is 2. The van der Waals surface area contributed by atoms with E-state index in [4.69, 9.17) is 4.84 Å². The molecule has 3 aliphatic rings. The lowest BCUT2D eigenvalue weighted by Gasteiger charge is -2.32. The fourth-order valence-corrected chi connectivity index (χ4v) is 5.33. The van der Waals surface area contributed by atoms with Crippen LogP contribution >= 0.6 is 0 Å². The van der Waals surface area contributed by atoms with Crippen molar-refractivity contribution in [3.63, 3.8) is 0 Å². The van der Waals surface area contributed by atoms with Crippen molar-refractivity contribution < 1.29 is 14.4 Å². The zero-order valence-electron chi connectivity index (χ0n) is 19.8. The van der Waals surface area contributed by atoms with Crippen molar-refractivity contribution in [3.8, 4) is 0 Å². The summed E-state index contributed by atoms with van der Waals surface area (Å²) < 4.78 is 0. The standard InChI is InChI=1S/C28H33N3O3/c1-28(27(33)31-15-7-8-16-31)20-25(29-34-28)23-11-5-6-12-24(23)26(32)30-17-13-22(14-18-30)19-21-9-3-2-4-10-21/h2-6,9-12,20,22,29H,7-8,13-19H2,1H3. The van der Waals surface area contributed by atoms with Crippen molar-refractivity contribution in [3.05, 3.63) is 77.4 Å². The number of amides is 2. The Morgan fingerprint density at radius 1 is 0.941 bits per heavy atom. The van der Waals surface area contributed by atoms with Gasteiger partial charge in [-0.3, -0.25) is 19.9 Å². The number of likely N-dealkylation sites (tertiary alicyclic amines) is 2. The molecule has 0 saturated carbocycles. The third kappa shape index (κ3) is 4.60. The molecule has 3 heterocycles. The second-order valence-electron chi connectivity index (χ2n) is 9.84. The first-order valence-corrected chi connectivity index (χ1v) is 12.4. The van der Waals surface area contributed by atoms with Crippen LogP contribution in [-0.2, 0) is 16.1 Å². The summed E-state index contributed by atoms with van der Waals surface area (Å²) in [6.07, 6.45) is 6.98. The first-order valence-electron chi connectivity index (χ1n) is 12.4. The van der Waals surface area contributed by atoms with Gasteiger partial charge < -0.3 is 9.80 Å². The fourth-order valence-electron chi connectivity index (χ4n) is 5.33. The lowest BCUT2D eigenvalue weighted by atomic mass is 9.89. The van der Waals surface area contributed by atoms with Crippen molar-refractivity contribution >= 4 is 17.5 Å². The molecule has 0 aromatic heterocycles. The van der Waals surface area contributed by atoms with Crippen LogP contribution in [0, 0.1) is 5.92 Å². The molecule has 34 heavy (non-hydrogen) atoms. The highest BCUT2D eigenvalue weighted by molar-refractivity contribution is 6.00. The molecule has 1 atom stereocenters. The molecule has 2 fully saturated rings. The van der Waals surface area contributed by atoms with Gasteiger partial charge in [0.1, 0.15) is 0 Å². The SMILES string of the molecule is CC1(C(=O)N2CCCC2)C=C(c2ccccc2C(=O)N2CCC(Cc3ccccc3)CC2)NO1. The van der Waals surface area contributed by atoms with E-state index in [9.17, 15) is 9.59 Å². The average molecular weight is 460 g/mol. The minimum Gasteiger partial charge on any atom is -0.340 e. The molecular weight excluding hydrogens is 426 g/mol.